The van der Waals surface area contributed by atoms with Gasteiger partial charge in [0.25, 0.3) is 5.91 Å². The van der Waals surface area contributed by atoms with E-state index in [-0.39, 0.29) is 6.61 Å². The van der Waals surface area contributed by atoms with Gasteiger partial charge in [-0.05, 0) is 25.0 Å². The summed E-state index contributed by atoms with van der Waals surface area (Å²) in [6, 6.07) is 6.54. The Bertz CT molecular complexity index is 474. The predicted molar refractivity (Wildman–Crippen MR) is 79.5 cm³/mol. The summed E-state index contributed by atoms with van der Waals surface area (Å²) in [4.78, 5) is 23.0. The first kappa shape index (κ1) is 16.8. The summed E-state index contributed by atoms with van der Waals surface area (Å²) in [5.74, 6) is 0.844. The fourth-order valence-corrected chi connectivity index (χ4v) is 1.49. The van der Waals surface area contributed by atoms with Gasteiger partial charge in [0.05, 0.1) is 6.61 Å². The van der Waals surface area contributed by atoms with Crippen molar-refractivity contribution >= 4 is 11.9 Å². The van der Waals surface area contributed by atoms with Gasteiger partial charge < -0.3 is 14.8 Å². The minimum atomic E-state index is -0.518. The lowest BCUT2D eigenvalue weighted by Gasteiger charge is -2.12. The zero-order valence-electron chi connectivity index (χ0n) is 12.6. The van der Waals surface area contributed by atoms with E-state index < -0.39 is 11.9 Å². The molecule has 0 atom stereocenters. The number of hydrogen-bond acceptors (Lipinski definition) is 4. The molecule has 1 aromatic rings. The number of amides is 3. The molecule has 0 fully saturated rings. The summed E-state index contributed by atoms with van der Waals surface area (Å²) < 4.78 is 10.7. The monoisotopic (exact) mass is 294 g/mol. The minimum absolute atomic E-state index is 0.251. The fourth-order valence-electron chi connectivity index (χ4n) is 1.49. The van der Waals surface area contributed by atoms with Crippen LogP contribution in [0.2, 0.25) is 0 Å². The van der Waals surface area contributed by atoms with Crippen molar-refractivity contribution in [2.45, 2.75) is 20.8 Å². The summed E-state index contributed by atoms with van der Waals surface area (Å²) in [6.07, 6.45) is 0. The van der Waals surface area contributed by atoms with Gasteiger partial charge in [-0.1, -0.05) is 26.0 Å². The van der Waals surface area contributed by atoms with Crippen molar-refractivity contribution in [3.8, 4) is 11.5 Å². The molecule has 2 N–H and O–H groups in total. The maximum absolute atomic E-state index is 11.6. The van der Waals surface area contributed by atoms with Crippen LogP contribution in [0.1, 0.15) is 20.8 Å². The van der Waals surface area contributed by atoms with Crippen LogP contribution in [0.15, 0.2) is 24.3 Å². The zero-order chi connectivity index (χ0) is 15.7. The number of benzene rings is 1. The van der Waals surface area contributed by atoms with Gasteiger partial charge in [-0.25, -0.2) is 4.79 Å². The summed E-state index contributed by atoms with van der Waals surface area (Å²) >= 11 is 0. The maximum Gasteiger partial charge on any atom is 0.321 e. The first-order valence-corrected chi connectivity index (χ1v) is 6.95. The highest BCUT2D eigenvalue weighted by atomic mass is 16.5. The van der Waals surface area contributed by atoms with Crippen molar-refractivity contribution in [3.63, 3.8) is 0 Å². The van der Waals surface area contributed by atoms with Crippen LogP contribution in [0.5, 0.6) is 11.5 Å². The molecule has 6 heteroatoms. The molecule has 0 aliphatic carbocycles. The number of nitrogens with one attached hydrogen (secondary N) is 2. The number of ether oxygens (including phenoxy) is 2. The van der Waals surface area contributed by atoms with Crippen LogP contribution < -0.4 is 20.1 Å². The SMILES string of the molecule is CCOc1ccccc1OCC(=O)NC(=O)NCC(C)C. The maximum atomic E-state index is 11.6. The van der Waals surface area contributed by atoms with E-state index in [1.54, 1.807) is 18.2 Å². The molecule has 1 aromatic carbocycles. The van der Waals surface area contributed by atoms with Crippen molar-refractivity contribution in [2.24, 2.45) is 5.92 Å². The average Bonchev–Trinajstić information content (AvgIpc) is 2.44. The van der Waals surface area contributed by atoms with Crippen LogP contribution in [-0.2, 0) is 4.79 Å². The van der Waals surface area contributed by atoms with Crippen molar-refractivity contribution in [2.75, 3.05) is 19.8 Å². The molecule has 6 nitrogen and oxygen atoms in total. The van der Waals surface area contributed by atoms with E-state index in [1.807, 2.05) is 26.8 Å². The summed E-state index contributed by atoms with van der Waals surface area (Å²) in [5.41, 5.74) is 0. The van der Waals surface area contributed by atoms with Crippen LogP contribution in [-0.4, -0.2) is 31.7 Å². The smallest absolute Gasteiger partial charge is 0.321 e. The molecule has 0 heterocycles. The van der Waals surface area contributed by atoms with E-state index in [0.717, 1.165) is 0 Å². The van der Waals surface area contributed by atoms with Gasteiger partial charge in [-0.2, -0.15) is 0 Å². The highest BCUT2D eigenvalue weighted by molar-refractivity contribution is 5.95. The second kappa shape index (κ2) is 8.84. The highest BCUT2D eigenvalue weighted by Crippen LogP contribution is 2.26. The predicted octanol–water partition coefficient (Wildman–Crippen LogP) is 1.95. The fraction of sp³-hybridized carbons (Fsp3) is 0.467. The molecule has 0 aromatic heterocycles. The molecule has 1 rings (SSSR count). The third-order valence-corrected chi connectivity index (χ3v) is 2.43. The van der Waals surface area contributed by atoms with E-state index in [4.69, 9.17) is 9.47 Å². The average molecular weight is 294 g/mol. The lowest BCUT2D eigenvalue weighted by atomic mass is 10.2. The molecule has 0 unspecified atom stereocenters. The van der Waals surface area contributed by atoms with Crippen molar-refractivity contribution < 1.29 is 19.1 Å². The molecule has 0 saturated carbocycles. The van der Waals surface area contributed by atoms with Crippen LogP contribution >= 0.6 is 0 Å². The van der Waals surface area contributed by atoms with Crippen LogP contribution in [0.25, 0.3) is 0 Å². The Kier molecular flexibility index (Phi) is 7.08. The summed E-state index contributed by atoms with van der Waals surface area (Å²) in [6.45, 7) is 6.56. The molecule has 0 aliphatic heterocycles. The van der Waals surface area contributed by atoms with Gasteiger partial charge in [0.15, 0.2) is 18.1 Å². The van der Waals surface area contributed by atoms with E-state index in [2.05, 4.69) is 10.6 Å². The zero-order valence-corrected chi connectivity index (χ0v) is 12.6. The summed E-state index contributed by atoms with van der Waals surface area (Å²) in [7, 11) is 0. The Morgan fingerprint density at radius 3 is 2.33 bits per heavy atom. The first-order chi connectivity index (χ1) is 10.0. The molecule has 0 spiro atoms. The Morgan fingerprint density at radius 1 is 1.14 bits per heavy atom. The number of carbonyl (C=O) groups excluding carboxylic acids is 2. The molecule has 21 heavy (non-hydrogen) atoms. The topological polar surface area (TPSA) is 76.7 Å². The third-order valence-electron chi connectivity index (χ3n) is 2.43. The van der Waals surface area contributed by atoms with Crippen molar-refractivity contribution in [1.29, 1.82) is 0 Å². The lowest BCUT2D eigenvalue weighted by molar-refractivity contribution is -0.122. The molecule has 116 valence electrons. The quantitative estimate of drug-likeness (QED) is 0.806. The Morgan fingerprint density at radius 2 is 1.76 bits per heavy atom. The molecule has 0 bridgehead atoms. The molecule has 0 aliphatic rings. The number of hydrogen-bond donors (Lipinski definition) is 2. The molecular formula is C15H22N2O4. The Balaban J connectivity index is 2.41. The van der Waals surface area contributed by atoms with Gasteiger partial charge in [-0.15, -0.1) is 0 Å². The molecule has 0 saturated heterocycles. The number of urea groups is 1. The summed E-state index contributed by atoms with van der Waals surface area (Å²) in [5, 5.41) is 4.79. The number of para-hydroxylation sites is 2. The second-order valence-corrected chi connectivity index (χ2v) is 4.82. The largest absolute Gasteiger partial charge is 0.490 e. The lowest BCUT2D eigenvalue weighted by Crippen LogP contribution is -2.42. The molecule has 3 amide bonds. The normalized spacial score (nSPS) is 10.1. The molecule has 0 radical (unpaired) electrons. The molecular weight excluding hydrogens is 272 g/mol. The van der Waals surface area contributed by atoms with Gasteiger partial charge in [0.1, 0.15) is 0 Å². The number of imide groups is 1. The van der Waals surface area contributed by atoms with E-state index in [9.17, 15) is 9.59 Å². The van der Waals surface area contributed by atoms with E-state index >= 15 is 0 Å². The van der Waals surface area contributed by atoms with Gasteiger partial charge in [-0.3, -0.25) is 10.1 Å². The van der Waals surface area contributed by atoms with Crippen molar-refractivity contribution in [1.82, 2.24) is 10.6 Å². The van der Waals surface area contributed by atoms with Gasteiger partial charge in [0.2, 0.25) is 0 Å². The number of rotatable bonds is 7. The second-order valence-electron chi connectivity index (χ2n) is 4.82. The van der Waals surface area contributed by atoms with Crippen LogP contribution in [0, 0.1) is 5.92 Å². The first-order valence-electron chi connectivity index (χ1n) is 6.95. The van der Waals surface area contributed by atoms with Gasteiger partial charge in [0, 0.05) is 6.54 Å². The number of carbonyl (C=O) groups is 2. The standard InChI is InChI=1S/C15H22N2O4/c1-4-20-12-7-5-6-8-13(12)21-10-14(18)17-15(19)16-9-11(2)3/h5-8,11H,4,9-10H2,1-3H3,(H2,16,17,18,19). The van der Waals surface area contributed by atoms with E-state index in [1.165, 1.54) is 0 Å². The third kappa shape index (κ3) is 6.65. The van der Waals surface area contributed by atoms with Crippen LogP contribution in [0.4, 0.5) is 4.79 Å². The van der Waals surface area contributed by atoms with Gasteiger partial charge >= 0.3 is 6.03 Å². The van der Waals surface area contributed by atoms with Crippen LogP contribution in [0.3, 0.4) is 0 Å². The Hall–Kier alpha value is -2.24. The Labute approximate surface area is 124 Å². The minimum Gasteiger partial charge on any atom is -0.490 e. The highest BCUT2D eigenvalue weighted by Gasteiger charge is 2.10. The van der Waals surface area contributed by atoms with E-state index in [0.29, 0.717) is 30.6 Å². The van der Waals surface area contributed by atoms with Crippen molar-refractivity contribution in [3.05, 3.63) is 24.3 Å².